The molecule has 0 unspecified atom stereocenters. The molecule has 2 rings (SSSR count). The third kappa shape index (κ3) is 2.59. The molecule has 8 heteroatoms. The van der Waals surface area contributed by atoms with Gasteiger partial charge in [0.15, 0.2) is 10.9 Å². The first-order valence-electron chi connectivity index (χ1n) is 5.80. The van der Waals surface area contributed by atoms with Crippen LogP contribution in [0.2, 0.25) is 0 Å². The quantitative estimate of drug-likeness (QED) is 0.263. The van der Waals surface area contributed by atoms with E-state index in [2.05, 4.69) is 16.0 Å². The average Bonchev–Trinajstić information content (AvgIpc) is 2.73. The first kappa shape index (κ1) is 13.5. The van der Waals surface area contributed by atoms with Gasteiger partial charge in [-0.2, -0.15) is 5.10 Å². The molecule has 1 heterocycles. The van der Waals surface area contributed by atoms with Crippen molar-refractivity contribution in [3.8, 4) is 0 Å². The van der Waals surface area contributed by atoms with Gasteiger partial charge in [-0.05, 0) is 32.0 Å². The molecular formula is C11H15N5O2S. The van der Waals surface area contributed by atoms with E-state index in [0.717, 1.165) is 41.9 Å². The number of hydrazone groups is 1. The van der Waals surface area contributed by atoms with Gasteiger partial charge >= 0.3 is 5.91 Å². The highest BCUT2D eigenvalue weighted by Gasteiger charge is 2.27. The van der Waals surface area contributed by atoms with Gasteiger partial charge in [0.2, 0.25) is 0 Å². The summed E-state index contributed by atoms with van der Waals surface area (Å²) in [5.41, 5.74) is 12.3. The number of rotatable bonds is 2. The van der Waals surface area contributed by atoms with Crippen molar-refractivity contribution in [2.24, 2.45) is 16.7 Å². The van der Waals surface area contributed by atoms with Crippen molar-refractivity contribution >= 4 is 28.9 Å². The van der Waals surface area contributed by atoms with Crippen molar-refractivity contribution in [1.82, 2.24) is 10.9 Å². The highest BCUT2D eigenvalue weighted by atomic mass is 32.1. The summed E-state index contributed by atoms with van der Waals surface area (Å²) in [6.07, 6.45) is 2.42. The van der Waals surface area contributed by atoms with E-state index >= 15 is 0 Å². The highest BCUT2D eigenvalue weighted by molar-refractivity contribution is 7.80. The number of fused-ring (bicyclic) bond motifs is 1. The van der Waals surface area contributed by atoms with Gasteiger partial charge in [0, 0.05) is 17.5 Å². The lowest BCUT2D eigenvalue weighted by atomic mass is 9.93. The zero-order valence-electron chi connectivity index (χ0n) is 10.4. The Kier molecular flexibility index (Phi) is 3.82. The standard InChI is InChI=1S/C11H15N5O2S/c1-5-8-6(15-16-11(12)19)3-2-4-7(8)18-9(5)10(17)14-13/h2-4,13H2,1H3,(H,14,17)(H3,12,16,19)/b15-6+. The Morgan fingerprint density at radius 3 is 2.84 bits per heavy atom. The fraction of sp³-hybridized carbons (Fsp3) is 0.364. The predicted molar refractivity (Wildman–Crippen MR) is 74.5 cm³/mol. The van der Waals surface area contributed by atoms with Gasteiger partial charge in [-0.3, -0.25) is 15.6 Å². The van der Waals surface area contributed by atoms with Gasteiger partial charge in [-0.1, -0.05) is 0 Å². The minimum atomic E-state index is -0.450. The second kappa shape index (κ2) is 5.37. The number of nitrogens with one attached hydrogen (secondary N) is 2. The number of aryl methyl sites for hydroxylation is 1. The van der Waals surface area contributed by atoms with E-state index in [1.165, 1.54) is 0 Å². The van der Waals surface area contributed by atoms with Crippen LogP contribution in [0, 0.1) is 6.92 Å². The summed E-state index contributed by atoms with van der Waals surface area (Å²) in [7, 11) is 0. The maximum absolute atomic E-state index is 11.6. The fourth-order valence-corrected chi connectivity index (χ4v) is 2.23. The Morgan fingerprint density at radius 1 is 1.47 bits per heavy atom. The molecule has 0 atom stereocenters. The van der Waals surface area contributed by atoms with Crippen LogP contribution in [-0.2, 0) is 6.42 Å². The number of hydrazine groups is 1. The van der Waals surface area contributed by atoms with E-state index in [1.54, 1.807) is 6.92 Å². The third-order valence-corrected chi connectivity index (χ3v) is 3.06. The maximum atomic E-state index is 11.6. The summed E-state index contributed by atoms with van der Waals surface area (Å²) in [5.74, 6) is 5.64. The van der Waals surface area contributed by atoms with Crippen LogP contribution in [-0.4, -0.2) is 16.7 Å². The number of furan rings is 1. The number of carbonyl (C=O) groups excluding carboxylic acids is 1. The topological polar surface area (TPSA) is 119 Å². The van der Waals surface area contributed by atoms with Crippen molar-refractivity contribution in [3.63, 3.8) is 0 Å². The Hall–Kier alpha value is -1.93. The number of nitrogens with zero attached hydrogens (tertiary/aromatic N) is 1. The molecule has 102 valence electrons. The van der Waals surface area contributed by atoms with Gasteiger partial charge in [0.25, 0.3) is 0 Å². The van der Waals surface area contributed by atoms with Crippen molar-refractivity contribution in [2.75, 3.05) is 0 Å². The smallest absolute Gasteiger partial charge is 0.301 e. The Morgan fingerprint density at radius 2 is 2.21 bits per heavy atom. The van der Waals surface area contributed by atoms with Crippen LogP contribution in [0.3, 0.4) is 0 Å². The summed E-state index contributed by atoms with van der Waals surface area (Å²) >= 11 is 4.72. The van der Waals surface area contributed by atoms with Gasteiger partial charge in [-0.25, -0.2) is 5.84 Å². The van der Waals surface area contributed by atoms with Crippen LogP contribution in [0.4, 0.5) is 0 Å². The first-order chi connectivity index (χ1) is 9.04. The lowest BCUT2D eigenvalue weighted by Crippen LogP contribution is -2.30. The van der Waals surface area contributed by atoms with E-state index in [-0.39, 0.29) is 10.9 Å². The highest BCUT2D eigenvalue weighted by Crippen LogP contribution is 2.29. The molecule has 19 heavy (non-hydrogen) atoms. The van der Waals surface area contributed by atoms with Crippen molar-refractivity contribution in [2.45, 2.75) is 26.2 Å². The van der Waals surface area contributed by atoms with Crippen LogP contribution in [0.1, 0.15) is 40.3 Å². The van der Waals surface area contributed by atoms with Crippen LogP contribution < -0.4 is 22.4 Å². The zero-order valence-corrected chi connectivity index (χ0v) is 11.3. The Bertz CT molecular complexity index is 564. The molecule has 0 radical (unpaired) electrons. The van der Waals surface area contributed by atoms with Crippen molar-refractivity contribution in [3.05, 3.63) is 22.6 Å². The maximum Gasteiger partial charge on any atom is 0.301 e. The van der Waals surface area contributed by atoms with E-state index in [9.17, 15) is 4.79 Å². The minimum Gasteiger partial charge on any atom is -0.455 e. The summed E-state index contributed by atoms with van der Waals surface area (Å²) in [4.78, 5) is 11.6. The van der Waals surface area contributed by atoms with E-state index in [0.29, 0.717) is 0 Å². The molecule has 0 fully saturated rings. The lowest BCUT2D eigenvalue weighted by molar-refractivity contribution is 0.0923. The van der Waals surface area contributed by atoms with Gasteiger partial charge < -0.3 is 10.2 Å². The Labute approximate surface area is 115 Å². The lowest BCUT2D eigenvalue weighted by Gasteiger charge is -2.13. The molecule has 0 saturated heterocycles. The molecule has 7 nitrogen and oxygen atoms in total. The van der Waals surface area contributed by atoms with Crippen LogP contribution >= 0.6 is 12.2 Å². The third-order valence-electron chi connectivity index (χ3n) is 2.96. The first-order valence-corrected chi connectivity index (χ1v) is 6.21. The van der Waals surface area contributed by atoms with Gasteiger partial charge in [0.1, 0.15) is 5.76 Å². The zero-order chi connectivity index (χ0) is 14.0. The molecule has 1 aliphatic carbocycles. The molecule has 1 aromatic heterocycles. The molecule has 0 aliphatic heterocycles. The minimum absolute atomic E-state index is 0.0979. The largest absolute Gasteiger partial charge is 0.455 e. The molecule has 0 saturated carbocycles. The number of carbonyl (C=O) groups is 1. The van der Waals surface area contributed by atoms with Crippen LogP contribution in [0.5, 0.6) is 0 Å². The van der Waals surface area contributed by atoms with Crippen LogP contribution in [0.25, 0.3) is 0 Å². The molecule has 1 aliphatic rings. The number of hydrogen-bond donors (Lipinski definition) is 4. The average molecular weight is 281 g/mol. The molecule has 6 N–H and O–H groups in total. The molecule has 1 amide bonds. The van der Waals surface area contributed by atoms with Gasteiger partial charge in [0.05, 0.1) is 5.71 Å². The van der Waals surface area contributed by atoms with E-state index in [1.807, 2.05) is 0 Å². The molecular weight excluding hydrogens is 266 g/mol. The number of nitrogens with two attached hydrogens (primary N) is 2. The van der Waals surface area contributed by atoms with Crippen molar-refractivity contribution in [1.29, 1.82) is 0 Å². The molecule has 1 aromatic rings. The summed E-state index contributed by atoms with van der Waals surface area (Å²) in [5, 5.41) is 4.26. The van der Waals surface area contributed by atoms with Crippen molar-refractivity contribution < 1.29 is 9.21 Å². The molecule has 0 spiro atoms. The number of nitrogen functional groups attached to an aromatic ring is 1. The SMILES string of the molecule is Cc1c(C(=O)NN)oc2c1/C(=N/NC(N)=S)CCC2. The number of thiocarbonyl (C=S) groups is 1. The predicted octanol–water partition coefficient (Wildman–Crippen LogP) is 0.0651. The molecule has 0 bridgehead atoms. The second-order valence-corrected chi connectivity index (χ2v) is 4.66. The number of hydrogen-bond acceptors (Lipinski definition) is 5. The molecule has 0 aromatic carbocycles. The van der Waals surface area contributed by atoms with Crippen LogP contribution in [0.15, 0.2) is 9.52 Å². The van der Waals surface area contributed by atoms with Gasteiger partial charge in [-0.15, -0.1) is 0 Å². The second-order valence-electron chi connectivity index (χ2n) is 4.22. The number of amides is 1. The normalized spacial score (nSPS) is 16.0. The summed E-state index contributed by atoms with van der Waals surface area (Å²) < 4.78 is 5.56. The van der Waals surface area contributed by atoms with E-state index < -0.39 is 5.91 Å². The summed E-state index contributed by atoms with van der Waals surface area (Å²) in [6.45, 7) is 1.80. The fourth-order valence-electron chi connectivity index (χ4n) is 2.18. The van der Waals surface area contributed by atoms with E-state index in [4.69, 9.17) is 28.2 Å². The monoisotopic (exact) mass is 281 g/mol. The Balaban J connectivity index is 2.43. The summed E-state index contributed by atoms with van der Waals surface area (Å²) in [6, 6.07) is 0.